The van der Waals surface area contributed by atoms with E-state index in [2.05, 4.69) is 0 Å². The Morgan fingerprint density at radius 1 is 1.23 bits per heavy atom. The normalized spacial score (nSPS) is 20.1. The molecule has 156 valence electrons. The number of fused-ring (bicyclic) bond motifs is 5. The van der Waals surface area contributed by atoms with E-state index < -0.39 is 35.8 Å². The Balaban J connectivity index is 1.88. The van der Waals surface area contributed by atoms with Crippen molar-refractivity contribution in [3.8, 4) is 17.6 Å². The highest BCUT2D eigenvalue weighted by Gasteiger charge is 2.45. The third-order valence-corrected chi connectivity index (χ3v) is 5.21. The van der Waals surface area contributed by atoms with Crippen molar-refractivity contribution in [1.29, 1.82) is 5.26 Å². The number of anilines is 1. The van der Waals surface area contributed by atoms with Gasteiger partial charge in [-0.1, -0.05) is 12.1 Å². The van der Waals surface area contributed by atoms with Gasteiger partial charge in [0.05, 0.1) is 23.3 Å². The summed E-state index contributed by atoms with van der Waals surface area (Å²) < 4.78 is 73.0. The number of alkyl halides is 3. The number of para-hydroxylation sites is 1. The molecule has 2 aromatic rings. The summed E-state index contributed by atoms with van der Waals surface area (Å²) in [5, 5.41) is 11.2. The van der Waals surface area contributed by atoms with Gasteiger partial charge >= 0.3 is 12.1 Å². The first kappa shape index (κ1) is 19.9. The van der Waals surface area contributed by atoms with Crippen LogP contribution in [0.4, 0.5) is 27.6 Å². The quantitative estimate of drug-likeness (QED) is 0.694. The molecule has 1 amide bonds. The summed E-state index contributed by atoms with van der Waals surface area (Å²) in [6.45, 7) is 0.325. The molecule has 1 saturated heterocycles. The Morgan fingerprint density at radius 3 is 2.70 bits per heavy atom. The van der Waals surface area contributed by atoms with Gasteiger partial charge in [-0.3, -0.25) is 4.79 Å². The number of rotatable bonds is 1. The maximum atomic E-state index is 14.6. The van der Waals surface area contributed by atoms with Crippen molar-refractivity contribution >= 4 is 11.6 Å². The van der Waals surface area contributed by atoms with Gasteiger partial charge in [-0.2, -0.15) is 18.4 Å². The minimum atomic E-state index is -5.08. The van der Waals surface area contributed by atoms with Crippen molar-refractivity contribution in [2.24, 2.45) is 0 Å². The molecule has 0 aromatic heterocycles. The van der Waals surface area contributed by atoms with Gasteiger partial charge in [-0.05, 0) is 25.0 Å². The number of benzene rings is 2. The van der Waals surface area contributed by atoms with Crippen LogP contribution >= 0.6 is 0 Å². The monoisotopic (exact) mass is 423 g/mol. The third kappa shape index (κ3) is 3.30. The highest BCUT2D eigenvalue weighted by atomic mass is 19.4. The minimum absolute atomic E-state index is 0.0665. The molecule has 0 saturated carbocycles. The van der Waals surface area contributed by atoms with Gasteiger partial charge in [-0.25, -0.2) is 8.78 Å². The predicted molar refractivity (Wildman–Crippen MR) is 94.9 cm³/mol. The van der Waals surface area contributed by atoms with Gasteiger partial charge in [0.25, 0.3) is 0 Å². The first-order chi connectivity index (χ1) is 14.2. The number of hydrogen-bond donors (Lipinski definition) is 1. The Kier molecular flexibility index (Phi) is 4.76. The molecule has 5 nitrogen and oxygen atoms in total. The van der Waals surface area contributed by atoms with Gasteiger partial charge in [0.15, 0.2) is 17.3 Å². The van der Waals surface area contributed by atoms with E-state index in [0.717, 1.165) is 12.1 Å². The molecule has 2 heterocycles. The lowest BCUT2D eigenvalue weighted by Crippen LogP contribution is -2.52. The molecule has 0 radical (unpaired) electrons. The predicted octanol–water partition coefficient (Wildman–Crippen LogP) is 4.33. The van der Waals surface area contributed by atoms with Gasteiger partial charge in [-0.15, -0.1) is 0 Å². The zero-order valence-corrected chi connectivity index (χ0v) is 15.3. The minimum Gasteiger partial charge on any atom is -0.452 e. The largest absolute Gasteiger partial charge is 0.471 e. The van der Waals surface area contributed by atoms with Crippen LogP contribution in [0.15, 0.2) is 30.3 Å². The second-order valence-electron chi connectivity index (χ2n) is 7.03. The van der Waals surface area contributed by atoms with Crippen LogP contribution in [0, 0.1) is 23.0 Å². The molecule has 1 fully saturated rings. The van der Waals surface area contributed by atoms with E-state index in [-0.39, 0.29) is 34.7 Å². The Bertz CT molecular complexity index is 1060. The van der Waals surface area contributed by atoms with Crippen molar-refractivity contribution in [2.45, 2.75) is 31.1 Å². The topological polar surface area (TPSA) is 65.4 Å². The molecular formula is C20H14F5N3O2. The fourth-order valence-corrected chi connectivity index (χ4v) is 3.96. The number of hydrogen-bond acceptors (Lipinski definition) is 4. The van der Waals surface area contributed by atoms with Gasteiger partial charge in [0.2, 0.25) is 0 Å². The molecule has 2 atom stereocenters. The van der Waals surface area contributed by atoms with Gasteiger partial charge in [0, 0.05) is 18.2 Å². The first-order valence-electron chi connectivity index (χ1n) is 9.05. The van der Waals surface area contributed by atoms with Crippen LogP contribution in [-0.4, -0.2) is 24.7 Å². The summed E-state index contributed by atoms with van der Waals surface area (Å²) in [5.41, 5.74) is 0.167. The van der Waals surface area contributed by atoms with Crippen molar-refractivity contribution in [3.63, 3.8) is 0 Å². The molecule has 0 spiro atoms. The van der Waals surface area contributed by atoms with E-state index in [0.29, 0.717) is 13.0 Å². The van der Waals surface area contributed by atoms with E-state index in [1.807, 2.05) is 5.32 Å². The molecule has 30 heavy (non-hydrogen) atoms. The molecule has 0 bridgehead atoms. The lowest BCUT2D eigenvalue weighted by atomic mass is 9.89. The van der Waals surface area contributed by atoms with Crippen LogP contribution in [0.2, 0.25) is 0 Å². The maximum Gasteiger partial charge on any atom is 0.471 e. The Morgan fingerprint density at radius 2 is 2.00 bits per heavy atom. The Labute approximate surface area is 167 Å². The lowest BCUT2D eigenvalue weighted by Gasteiger charge is -2.42. The average molecular weight is 423 g/mol. The van der Waals surface area contributed by atoms with E-state index in [9.17, 15) is 32.0 Å². The highest BCUT2D eigenvalue weighted by Crippen LogP contribution is 2.49. The zero-order chi connectivity index (χ0) is 21.6. The van der Waals surface area contributed by atoms with Crippen LogP contribution < -0.4 is 15.0 Å². The van der Waals surface area contributed by atoms with Crippen LogP contribution in [-0.2, 0) is 4.79 Å². The molecule has 2 aliphatic heterocycles. The molecule has 1 N–H and O–H groups in total. The molecule has 10 heteroatoms. The Hall–Kier alpha value is -3.35. The smallest absolute Gasteiger partial charge is 0.452 e. The van der Waals surface area contributed by atoms with E-state index in [1.54, 1.807) is 11.0 Å². The number of carbonyl (C=O) groups is 1. The van der Waals surface area contributed by atoms with Gasteiger partial charge < -0.3 is 15.0 Å². The van der Waals surface area contributed by atoms with Crippen LogP contribution in [0.1, 0.15) is 30.0 Å². The number of piperidine rings is 1. The fraction of sp³-hybridized carbons (Fsp3) is 0.300. The number of ether oxygens (including phenoxy) is 1. The van der Waals surface area contributed by atoms with Crippen molar-refractivity contribution in [1.82, 2.24) is 5.32 Å². The summed E-state index contributed by atoms with van der Waals surface area (Å²) >= 11 is 0. The van der Waals surface area contributed by atoms with Crippen LogP contribution in [0.5, 0.6) is 11.5 Å². The summed E-state index contributed by atoms with van der Waals surface area (Å²) in [4.78, 5) is 13.2. The lowest BCUT2D eigenvalue weighted by molar-refractivity contribution is -0.174. The maximum absolute atomic E-state index is 14.6. The molecule has 2 aromatic carbocycles. The zero-order valence-electron chi connectivity index (χ0n) is 15.3. The second kappa shape index (κ2) is 7.16. The molecule has 0 aliphatic carbocycles. The number of amides is 1. The number of halogens is 5. The second-order valence-corrected chi connectivity index (χ2v) is 7.03. The van der Waals surface area contributed by atoms with E-state index >= 15 is 0 Å². The summed E-state index contributed by atoms with van der Waals surface area (Å²) in [5.74, 6) is -4.08. The molecular weight excluding hydrogens is 409 g/mol. The molecule has 2 aliphatic rings. The van der Waals surface area contributed by atoms with Gasteiger partial charge in [0.1, 0.15) is 11.9 Å². The van der Waals surface area contributed by atoms with Crippen molar-refractivity contribution in [3.05, 3.63) is 53.1 Å². The number of nitrogens with zero attached hydrogens (tertiary/aromatic N) is 2. The van der Waals surface area contributed by atoms with Crippen molar-refractivity contribution in [2.75, 3.05) is 11.4 Å². The fourth-order valence-electron chi connectivity index (χ4n) is 3.96. The number of nitrogens with one attached hydrogen (secondary N) is 1. The van der Waals surface area contributed by atoms with Crippen LogP contribution in [0.3, 0.4) is 0 Å². The SMILES string of the molecule is N#Cc1cc2c(cc1F)Oc1c(F)cccc1[C@@H]1[C@H](NC(=O)C(F)(F)F)CCCN21. The molecule has 4 rings (SSSR count). The summed E-state index contributed by atoms with van der Waals surface area (Å²) in [6, 6.07) is 5.93. The third-order valence-electron chi connectivity index (χ3n) is 5.21. The summed E-state index contributed by atoms with van der Waals surface area (Å²) in [7, 11) is 0. The summed E-state index contributed by atoms with van der Waals surface area (Å²) in [6.07, 6.45) is -4.47. The van der Waals surface area contributed by atoms with Crippen LogP contribution in [0.25, 0.3) is 0 Å². The average Bonchev–Trinajstić information content (AvgIpc) is 2.82. The standard InChI is InChI=1S/C20H14F5N3O2/c21-12-4-1-3-11-17-14(27-19(29)20(23,24)25)5-2-6-28(17)15-7-10(9-26)13(22)8-16(15)30-18(11)12/h1,3-4,7-8,14,17H,2,5-6H2,(H,27,29)/t14-,17-/m1/s1. The highest BCUT2D eigenvalue weighted by molar-refractivity contribution is 5.82. The number of nitriles is 1. The van der Waals surface area contributed by atoms with E-state index in [4.69, 9.17) is 4.74 Å². The molecule has 0 unspecified atom stereocenters. The number of carbonyl (C=O) groups excluding carboxylic acids is 1. The van der Waals surface area contributed by atoms with E-state index in [1.165, 1.54) is 18.2 Å². The first-order valence-corrected chi connectivity index (χ1v) is 9.05. The van der Waals surface area contributed by atoms with Crippen molar-refractivity contribution < 1.29 is 31.5 Å².